The Balaban J connectivity index is 0.00000294. The van der Waals surface area contributed by atoms with Gasteiger partial charge in [-0.3, -0.25) is 0 Å². The molecule has 8 atom stereocenters. The normalized spacial score (nSPS) is 37.4. The SMILES string of the molecule is C[C@H](CS(=O)(=O)c1nc2ccccc2s1)[C@H]1CC[C@H]2[C@@H]3CC=C4C[C@@H](O[SH-]#P)CC[C@]4(C)[C@H]3CC[C@]12C.[Tl]. The molecule has 2 aromatic rings. The van der Waals surface area contributed by atoms with E-state index in [0.29, 0.717) is 27.7 Å². The van der Waals surface area contributed by atoms with E-state index in [1.165, 1.54) is 43.4 Å². The third kappa shape index (κ3) is 5.03. The van der Waals surface area contributed by atoms with Crippen LogP contribution in [0.25, 0.3) is 10.2 Å². The first kappa shape index (κ1) is 29.9. The summed E-state index contributed by atoms with van der Waals surface area (Å²) in [5, 5.41) is 0. The first-order valence-electron chi connectivity index (χ1n) is 13.9. The van der Waals surface area contributed by atoms with Crippen molar-refractivity contribution in [2.45, 2.75) is 82.6 Å². The largest absolute Gasteiger partial charge is 0 e. The van der Waals surface area contributed by atoms with E-state index >= 15 is 0 Å². The van der Waals surface area contributed by atoms with Gasteiger partial charge in [0.25, 0.3) is 0 Å². The van der Waals surface area contributed by atoms with Crippen LogP contribution in [0, 0.1) is 40.4 Å². The van der Waals surface area contributed by atoms with Gasteiger partial charge in [-0.05, 0) is 12.1 Å². The number of thiol groups is 1. The van der Waals surface area contributed by atoms with Crippen molar-refractivity contribution in [2.24, 2.45) is 40.4 Å². The fraction of sp³-hybridized carbons (Fsp3) is 0.690. The van der Waals surface area contributed by atoms with Gasteiger partial charge in [0.1, 0.15) is 0 Å². The van der Waals surface area contributed by atoms with E-state index in [1.54, 1.807) is 5.57 Å². The van der Waals surface area contributed by atoms with Crippen molar-refractivity contribution in [1.82, 2.24) is 4.98 Å². The molecule has 0 spiro atoms. The Kier molecular flexibility index (Phi) is 8.88. The Hall–Kier alpha value is 0.462. The molecule has 4 nitrogen and oxygen atoms in total. The molecule has 1 aromatic carbocycles. The van der Waals surface area contributed by atoms with E-state index in [2.05, 4.69) is 39.6 Å². The van der Waals surface area contributed by atoms with Crippen LogP contribution in [0.3, 0.4) is 0 Å². The Bertz CT molecular complexity index is 1350. The van der Waals surface area contributed by atoms with Crippen LogP contribution in [0.15, 0.2) is 40.3 Å². The Morgan fingerprint density at radius 2 is 1.95 bits per heavy atom. The summed E-state index contributed by atoms with van der Waals surface area (Å²) in [7, 11) is 0.865. The third-order valence-corrected chi connectivity index (χ3v) is 15.1. The number of thiazole rings is 1. The molecule has 0 N–H and O–H groups in total. The Morgan fingerprint density at radius 3 is 2.71 bits per heavy atom. The average Bonchev–Trinajstić information content (AvgIpc) is 3.46. The maximum absolute atomic E-state index is 13.5. The maximum atomic E-state index is 13.5. The molecule has 3 saturated carbocycles. The molecule has 38 heavy (non-hydrogen) atoms. The van der Waals surface area contributed by atoms with Gasteiger partial charge in [0.05, 0.1) is 16.0 Å². The van der Waals surface area contributed by atoms with Crippen molar-refractivity contribution < 1.29 is 12.6 Å². The van der Waals surface area contributed by atoms with E-state index in [-0.39, 0.29) is 44.4 Å². The minimum Gasteiger partial charge on any atom is 0 e. The van der Waals surface area contributed by atoms with Crippen molar-refractivity contribution in [3.63, 3.8) is 0 Å². The van der Waals surface area contributed by atoms with Crippen LogP contribution in [-0.2, 0) is 25.0 Å². The molecule has 0 unspecified atom stereocenters. The minimum atomic E-state index is -3.40. The molecule has 0 aliphatic heterocycles. The summed E-state index contributed by atoms with van der Waals surface area (Å²) in [6.45, 7) is 7.23. The molecule has 4 aliphatic carbocycles. The third-order valence-electron chi connectivity index (χ3n) is 11.0. The molecule has 0 saturated heterocycles. The van der Waals surface area contributed by atoms with Gasteiger partial charge in [-0.2, -0.15) is 0 Å². The zero-order valence-corrected chi connectivity index (χ0v) is 30.6. The molecule has 6 rings (SSSR count). The van der Waals surface area contributed by atoms with Gasteiger partial charge in [0.2, 0.25) is 14.2 Å². The van der Waals surface area contributed by atoms with Crippen LogP contribution >= 0.6 is 19.2 Å². The first-order valence-corrected chi connectivity index (χ1v) is 18.4. The molecule has 1 radical (unpaired) electrons. The molecule has 0 amide bonds. The van der Waals surface area contributed by atoms with Crippen LogP contribution in [0.2, 0.25) is 0 Å². The zero-order valence-electron chi connectivity index (χ0n) is 22.7. The monoisotopic (exact) mass is 781 g/mol. The maximum Gasteiger partial charge on any atom is 0 e. The van der Waals surface area contributed by atoms with E-state index in [1.807, 2.05) is 24.3 Å². The molecular formula is C29H39NO3PS3Tl-. The van der Waals surface area contributed by atoms with Gasteiger partial charge >= 0.3 is 146 Å². The Labute approximate surface area is 257 Å². The van der Waals surface area contributed by atoms with Crippen molar-refractivity contribution in [3.05, 3.63) is 35.9 Å². The van der Waals surface area contributed by atoms with Crippen LogP contribution in [0.4, 0.5) is 0 Å². The van der Waals surface area contributed by atoms with Gasteiger partial charge < -0.3 is 0 Å². The molecule has 205 valence electrons. The number of para-hydroxylation sites is 1. The number of aromatic nitrogens is 1. The number of hydrogen-bond donors (Lipinski definition) is 0. The summed E-state index contributed by atoms with van der Waals surface area (Å²) in [6, 6.07) is 7.72. The zero-order chi connectivity index (χ0) is 26.0. The predicted octanol–water partition coefficient (Wildman–Crippen LogP) is 7.34. The minimum absolute atomic E-state index is 0. The number of rotatable bonds is 5. The summed E-state index contributed by atoms with van der Waals surface area (Å²) < 4.78 is 34.0. The molecule has 0 bridgehead atoms. The molecule has 4 aliphatic rings. The average molecular weight is 781 g/mol. The van der Waals surface area contributed by atoms with Gasteiger partial charge in [0, 0.05) is 27.3 Å². The summed E-state index contributed by atoms with van der Waals surface area (Å²) >= 11 is 2.06. The number of benzene rings is 1. The van der Waals surface area contributed by atoms with Gasteiger partial charge in [-0.1, -0.05) is 19.1 Å². The quantitative estimate of drug-likeness (QED) is 0.105. The van der Waals surface area contributed by atoms with E-state index in [0.717, 1.165) is 52.3 Å². The predicted molar refractivity (Wildman–Crippen MR) is 162 cm³/mol. The van der Waals surface area contributed by atoms with E-state index in [4.69, 9.17) is 4.18 Å². The first-order chi connectivity index (χ1) is 17.7. The van der Waals surface area contributed by atoms with Crippen molar-refractivity contribution in [1.29, 1.82) is 0 Å². The van der Waals surface area contributed by atoms with Crippen molar-refractivity contribution in [2.75, 3.05) is 5.75 Å². The van der Waals surface area contributed by atoms with Crippen molar-refractivity contribution in [3.8, 4) is 0 Å². The fourth-order valence-electron chi connectivity index (χ4n) is 9.28. The fourth-order valence-corrected chi connectivity index (χ4v) is 13.0. The summed E-state index contributed by atoms with van der Waals surface area (Å²) in [4.78, 5) is 4.49. The standard InChI is InChI=1S/C29H39NO3PS3.Tl/c1-18(17-37(31,32)27-30-25-6-4-5-7-26(25)35-27)22-10-11-23-21-9-8-19-16-20(33-36-34)12-14-28(19,2)24(21)13-15-29(22,23)3;/h4-8,18,20-24,36H,9-17H2,1-3H3;/q-1;/t18-,20+,21+,22-,23+,24+,28+,29-;/m1./s1. The Morgan fingerprint density at radius 1 is 1.16 bits per heavy atom. The second-order valence-corrected chi connectivity index (χ2v) is 16.8. The van der Waals surface area contributed by atoms with Crippen LogP contribution < -0.4 is 0 Å². The van der Waals surface area contributed by atoms with Gasteiger partial charge in [0.15, 0.2) is 0 Å². The molecule has 1 aromatic heterocycles. The number of nitrogens with zero attached hydrogens (tertiary/aromatic N) is 1. The molecular weight excluding hydrogens is 742 g/mol. The second-order valence-electron chi connectivity index (χ2n) is 12.7. The smallest absolute Gasteiger partial charge is 0 e. The molecule has 9 heteroatoms. The van der Waals surface area contributed by atoms with Crippen LogP contribution in [0.5, 0.6) is 0 Å². The van der Waals surface area contributed by atoms with Gasteiger partial charge in [-0.25, -0.2) is 13.4 Å². The summed E-state index contributed by atoms with van der Waals surface area (Å²) in [5.41, 5.74) is 2.96. The number of allylic oxidation sites excluding steroid dienone is 1. The summed E-state index contributed by atoms with van der Waals surface area (Å²) in [5.74, 6) is 2.98. The second kappa shape index (κ2) is 11.3. The number of sulfone groups is 1. The molecule has 3 fully saturated rings. The number of fused-ring (bicyclic) bond motifs is 6. The topological polar surface area (TPSA) is 56.3 Å². The number of hydrogen-bond acceptors (Lipinski definition) is 6. The van der Waals surface area contributed by atoms with Crippen molar-refractivity contribution >= 4 is 77.5 Å². The van der Waals surface area contributed by atoms with Crippen LogP contribution in [0.1, 0.15) is 72.1 Å². The van der Waals surface area contributed by atoms with Gasteiger partial charge in [-0.15, -0.1) is 11.3 Å². The summed E-state index contributed by atoms with van der Waals surface area (Å²) in [6.07, 6.45) is 12.4. The molecule has 1 heterocycles. The van der Waals surface area contributed by atoms with Crippen LogP contribution in [-0.4, -0.2) is 52.6 Å². The van der Waals surface area contributed by atoms with E-state index in [9.17, 15) is 8.42 Å². The van der Waals surface area contributed by atoms with E-state index < -0.39 is 9.84 Å².